The minimum Gasteiger partial charge on any atom is -0.478 e. The van der Waals surface area contributed by atoms with Crippen molar-refractivity contribution < 1.29 is 9.90 Å². The van der Waals surface area contributed by atoms with Gasteiger partial charge in [0.15, 0.2) is 0 Å². The summed E-state index contributed by atoms with van der Waals surface area (Å²) >= 11 is 0. The monoisotopic (exact) mass is 272 g/mol. The van der Waals surface area contributed by atoms with Gasteiger partial charge in [-0.05, 0) is 31.1 Å². The van der Waals surface area contributed by atoms with Crippen LogP contribution in [-0.2, 0) is 0 Å². The third kappa shape index (κ3) is 3.08. The molecule has 2 N–H and O–H groups in total. The fourth-order valence-electron chi connectivity index (χ4n) is 2.18. The molecular formula is C16H20N2O2. The fraction of sp³-hybridized carbons (Fsp3) is 0.312. The molecule has 0 aliphatic heterocycles. The molecule has 0 radical (unpaired) electrons. The van der Waals surface area contributed by atoms with Crippen molar-refractivity contribution in [1.82, 2.24) is 4.90 Å². The van der Waals surface area contributed by atoms with Crippen molar-refractivity contribution in [2.45, 2.75) is 6.92 Å². The summed E-state index contributed by atoms with van der Waals surface area (Å²) in [6.45, 7) is 4.92. The summed E-state index contributed by atoms with van der Waals surface area (Å²) in [5.41, 5.74) is 1.33. The van der Waals surface area contributed by atoms with Crippen LogP contribution in [0.3, 0.4) is 0 Å². The quantitative estimate of drug-likeness (QED) is 0.849. The standard InChI is InChI=1S/C16H20N2O2/c1-3-18(2)11-10-17-15-9-8-14(16(19)20)12-6-4-5-7-13(12)15/h4-9,17H,3,10-11H2,1-2H3,(H,19,20). The average molecular weight is 272 g/mol. The molecule has 4 heteroatoms. The lowest BCUT2D eigenvalue weighted by molar-refractivity contribution is 0.0699. The summed E-state index contributed by atoms with van der Waals surface area (Å²) in [6.07, 6.45) is 0. The zero-order chi connectivity index (χ0) is 14.5. The van der Waals surface area contributed by atoms with E-state index in [4.69, 9.17) is 0 Å². The van der Waals surface area contributed by atoms with E-state index >= 15 is 0 Å². The number of hydrogen-bond acceptors (Lipinski definition) is 3. The summed E-state index contributed by atoms with van der Waals surface area (Å²) in [7, 11) is 2.08. The van der Waals surface area contributed by atoms with Crippen LogP contribution in [0.1, 0.15) is 17.3 Å². The molecule has 4 nitrogen and oxygen atoms in total. The molecule has 0 unspecified atom stereocenters. The van der Waals surface area contributed by atoms with E-state index in [1.165, 1.54) is 0 Å². The van der Waals surface area contributed by atoms with Crippen molar-refractivity contribution in [2.24, 2.45) is 0 Å². The molecule has 0 amide bonds. The van der Waals surface area contributed by atoms with Crippen LogP contribution in [0.15, 0.2) is 36.4 Å². The van der Waals surface area contributed by atoms with E-state index < -0.39 is 5.97 Å². The van der Waals surface area contributed by atoms with Gasteiger partial charge < -0.3 is 15.3 Å². The molecule has 106 valence electrons. The summed E-state index contributed by atoms with van der Waals surface area (Å²) in [5.74, 6) is -0.890. The van der Waals surface area contributed by atoms with Crippen molar-refractivity contribution in [2.75, 3.05) is 32.0 Å². The maximum Gasteiger partial charge on any atom is 0.336 e. The summed E-state index contributed by atoms with van der Waals surface area (Å²) < 4.78 is 0. The third-order valence-electron chi connectivity index (χ3n) is 3.50. The number of carbonyl (C=O) groups is 1. The van der Waals surface area contributed by atoms with Gasteiger partial charge in [0.1, 0.15) is 0 Å². The van der Waals surface area contributed by atoms with Gasteiger partial charge in [0.2, 0.25) is 0 Å². The van der Waals surface area contributed by atoms with Crippen LogP contribution in [0, 0.1) is 0 Å². The second kappa shape index (κ2) is 6.39. The van der Waals surface area contributed by atoms with Crippen LogP contribution in [0.2, 0.25) is 0 Å². The molecule has 0 aliphatic rings. The van der Waals surface area contributed by atoms with E-state index in [1.54, 1.807) is 6.07 Å². The van der Waals surface area contributed by atoms with Crippen LogP contribution in [0.25, 0.3) is 10.8 Å². The van der Waals surface area contributed by atoms with E-state index in [-0.39, 0.29) is 0 Å². The van der Waals surface area contributed by atoms with Gasteiger partial charge in [0.25, 0.3) is 0 Å². The maximum absolute atomic E-state index is 11.2. The van der Waals surface area contributed by atoms with E-state index in [9.17, 15) is 9.90 Å². The van der Waals surface area contributed by atoms with Gasteiger partial charge in [-0.3, -0.25) is 0 Å². The summed E-state index contributed by atoms with van der Waals surface area (Å²) in [4.78, 5) is 13.5. The van der Waals surface area contributed by atoms with Crippen LogP contribution in [0.4, 0.5) is 5.69 Å². The van der Waals surface area contributed by atoms with Gasteiger partial charge in [-0.2, -0.15) is 0 Å². The fourth-order valence-corrected chi connectivity index (χ4v) is 2.18. The number of anilines is 1. The first kappa shape index (κ1) is 14.3. The molecule has 2 aromatic carbocycles. The number of likely N-dealkylation sites (N-methyl/N-ethyl adjacent to an activating group) is 1. The number of aromatic carboxylic acids is 1. The minimum absolute atomic E-state index is 0.344. The Balaban J connectivity index is 2.27. The predicted octanol–water partition coefficient (Wildman–Crippen LogP) is 2.90. The Bertz CT molecular complexity index is 610. The van der Waals surface area contributed by atoms with E-state index in [0.717, 1.165) is 36.1 Å². The van der Waals surface area contributed by atoms with Gasteiger partial charge in [0.05, 0.1) is 5.56 Å². The number of rotatable bonds is 6. The highest BCUT2D eigenvalue weighted by Gasteiger charge is 2.10. The molecule has 0 spiro atoms. The van der Waals surface area contributed by atoms with Crippen molar-refractivity contribution >= 4 is 22.4 Å². The lowest BCUT2D eigenvalue weighted by atomic mass is 10.0. The number of benzene rings is 2. The Morgan fingerprint density at radius 2 is 1.90 bits per heavy atom. The second-order valence-electron chi connectivity index (χ2n) is 4.83. The van der Waals surface area contributed by atoms with Gasteiger partial charge in [0, 0.05) is 24.2 Å². The van der Waals surface area contributed by atoms with E-state index in [0.29, 0.717) is 5.56 Å². The SMILES string of the molecule is CCN(C)CCNc1ccc(C(=O)O)c2ccccc12. The number of nitrogens with one attached hydrogen (secondary N) is 1. The molecule has 20 heavy (non-hydrogen) atoms. The lowest BCUT2D eigenvalue weighted by Crippen LogP contribution is -2.24. The Morgan fingerprint density at radius 1 is 1.20 bits per heavy atom. The molecule has 0 heterocycles. The van der Waals surface area contributed by atoms with Gasteiger partial charge in [-0.25, -0.2) is 4.79 Å². The normalized spacial score (nSPS) is 10.9. The molecule has 2 aromatic rings. The first-order chi connectivity index (χ1) is 9.63. The van der Waals surface area contributed by atoms with Crippen LogP contribution in [-0.4, -0.2) is 42.7 Å². The second-order valence-corrected chi connectivity index (χ2v) is 4.83. The average Bonchev–Trinajstić information content (AvgIpc) is 2.46. The van der Waals surface area contributed by atoms with Crippen LogP contribution in [0.5, 0.6) is 0 Å². The number of carboxylic acids is 1. The molecule has 0 aliphatic carbocycles. The molecule has 0 bridgehead atoms. The number of carboxylic acid groups (broad SMARTS) is 1. The van der Waals surface area contributed by atoms with Crippen molar-refractivity contribution in [3.05, 3.63) is 42.0 Å². The van der Waals surface area contributed by atoms with Crippen LogP contribution < -0.4 is 5.32 Å². The Hall–Kier alpha value is -2.07. The number of fused-ring (bicyclic) bond motifs is 1. The van der Waals surface area contributed by atoms with Gasteiger partial charge in [-0.15, -0.1) is 0 Å². The molecule has 0 atom stereocenters. The van der Waals surface area contributed by atoms with E-state index in [1.807, 2.05) is 30.3 Å². The zero-order valence-electron chi connectivity index (χ0n) is 11.9. The van der Waals surface area contributed by atoms with Crippen molar-refractivity contribution in [3.63, 3.8) is 0 Å². The highest BCUT2D eigenvalue weighted by Crippen LogP contribution is 2.26. The summed E-state index contributed by atoms with van der Waals surface area (Å²) in [6, 6.07) is 11.1. The third-order valence-corrected chi connectivity index (χ3v) is 3.50. The molecule has 0 saturated carbocycles. The molecule has 0 saturated heterocycles. The number of hydrogen-bond donors (Lipinski definition) is 2. The van der Waals surface area contributed by atoms with Crippen LogP contribution >= 0.6 is 0 Å². The Kier molecular flexibility index (Phi) is 4.58. The van der Waals surface area contributed by atoms with Gasteiger partial charge in [-0.1, -0.05) is 31.2 Å². The number of nitrogens with zero attached hydrogens (tertiary/aromatic N) is 1. The molecular weight excluding hydrogens is 252 g/mol. The lowest BCUT2D eigenvalue weighted by Gasteiger charge is -2.16. The molecule has 0 aromatic heterocycles. The highest BCUT2D eigenvalue weighted by atomic mass is 16.4. The maximum atomic E-state index is 11.2. The smallest absolute Gasteiger partial charge is 0.336 e. The van der Waals surface area contributed by atoms with E-state index in [2.05, 4.69) is 24.2 Å². The first-order valence-electron chi connectivity index (χ1n) is 6.81. The molecule has 2 rings (SSSR count). The first-order valence-corrected chi connectivity index (χ1v) is 6.81. The minimum atomic E-state index is -0.890. The Morgan fingerprint density at radius 3 is 2.55 bits per heavy atom. The molecule has 0 fully saturated rings. The largest absolute Gasteiger partial charge is 0.478 e. The van der Waals surface area contributed by atoms with Crippen molar-refractivity contribution in [3.8, 4) is 0 Å². The van der Waals surface area contributed by atoms with Gasteiger partial charge >= 0.3 is 5.97 Å². The highest BCUT2D eigenvalue weighted by molar-refractivity contribution is 6.07. The predicted molar refractivity (Wildman–Crippen MR) is 82.6 cm³/mol. The van der Waals surface area contributed by atoms with Crippen molar-refractivity contribution in [1.29, 1.82) is 0 Å². The summed E-state index contributed by atoms with van der Waals surface area (Å²) in [5, 5.41) is 14.3. The zero-order valence-corrected chi connectivity index (χ0v) is 11.9. The Labute approximate surface area is 119 Å². The topological polar surface area (TPSA) is 52.6 Å².